The van der Waals surface area contributed by atoms with Gasteiger partial charge in [0.15, 0.2) is 0 Å². The number of carboxylic acids is 1. The zero-order chi connectivity index (χ0) is 21.2. The molecule has 3 aliphatic rings. The molecule has 1 N–H and O–H groups in total. The van der Waals surface area contributed by atoms with Crippen LogP contribution < -0.4 is 0 Å². The Hall–Kier alpha value is -2.65. The van der Waals surface area contributed by atoms with E-state index in [1.165, 1.54) is 6.42 Å². The van der Waals surface area contributed by atoms with Gasteiger partial charge in [-0.1, -0.05) is 6.42 Å². The largest absolute Gasteiger partial charge is 0.490 e. The van der Waals surface area contributed by atoms with Crippen LogP contribution >= 0.6 is 0 Å². The van der Waals surface area contributed by atoms with E-state index in [-0.39, 0.29) is 23.7 Å². The molecule has 1 aromatic rings. The van der Waals surface area contributed by atoms with Crippen molar-refractivity contribution in [2.75, 3.05) is 19.6 Å². The molecule has 0 spiro atoms. The highest BCUT2D eigenvalue weighted by atomic mass is 19.4. The van der Waals surface area contributed by atoms with Crippen LogP contribution in [0.5, 0.6) is 0 Å². The minimum atomic E-state index is -5.08. The monoisotopic (exact) mass is 413 g/mol. The van der Waals surface area contributed by atoms with E-state index >= 15 is 0 Å². The number of rotatable bonds is 3. The summed E-state index contributed by atoms with van der Waals surface area (Å²) in [7, 11) is 0. The average Bonchev–Trinajstić information content (AvgIpc) is 3.14. The van der Waals surface area contributed by atoms with Crippen molar-refractivity contribution in [3.63, 3.8) is 0 Å². The average molecular weight is 413 g/mol. The van der Waals surface area contributed by atoms with Gasteiger partial charge in [0.25, 0.3) is 0 Å². The summed E-state index contributed by atoms with van der Waals surface area (Å²) in [6.07, 6.45) is 1.68. The lowest BCUT2D eigenvalue weighted by Gasteiger charge is -2.30. The second-order valence-corrected chi connectivity index (χ2v) is 7.61. The lowest BCUT2D eigenvalue weighted by molar-refractivity contribution is -0.192. The summed E-state index contributed by atoms with van der Waals surface area (Å²) in [5, 5.41) is 7.12. The lowest BCUT2D eigenvalue weighted by Crippen LogP contribution is -2.40. The van der Waals surface area contributed by atoms with Gasteiger partial charge in [-0.15, -0.1) is 0 Å². The fourth-order valence-electron chi connectivity index (χ4n) is 3.89. The predicted molar refractivity (Wildman–Crippen MR) is 94.2 cm³/mol. The summed E-state index contributed by atoms with van der Waals surface area (Å²) in [4.78, 5) is 41.7. The molecule has 2 aliphatic heterocycles. The van der Waals surface area contributed by atoms with E-state index in [1.807, 2.05) is 21.9 Å². The third kappa shape index (κ3) is 4.86. The Labute approximate surface area is 165 Å². The van der Waals surface area contributed by atoms with Gasteiger partial charge in [0.1, 0.15) is 0 Å². The van der Waals surface area contributed by atoms with Gasteiger partial charge in [0, 0.05) is 50.4 Å². The number of halogens is 3. The van der Waals surface area contributed by atoms with Crippen molar-refractivity contribution >= 4 is 17.8 Å². The zero-order valence-electron chi connectivity index (χ0n) is 15.6. The highest BCUT2D eigenvalue weighted by molar-refractivity contribution is 5.85. The van der Waals surface area contributed by atoms with Gasteiger partial charge in [0.2, 0.25) is 11.8 Å². The summed E-state index contributed by atoms with van der Waals surface area (Å²) in [5.74, 6) is -1.68. The molecule has 10 heteroatoms. The Kier molecular flexibility index (Phi) is 6.09. The quantitative estimate of drug-likeness (QED) is 0.818. The van der Waals surface area contributed by atoms with E-state index < -0.39 is 12.1 Å². The van der Waals surface area contributed by atoms with Crippen molar-refractivity contribution in [3.8, 4) is 0 Å². The molecule has 3 heterocycles. The molecule has 4 rings (SSSR count). The van der Waals surface area contributed by atoms with Crippen LogP contribution in [0.15, 0.2) is 24.5 Å². The summed E-state index contributed by atoms with van der Waals surface area (Å²) in [6.45, 7) is 2.83. The smallest absolute Gasteiger partial charge is 0.475 e. The van der Waals surface area contributed by atoms with E-state index in [9.17, 15) is 22.8 Å². The minimum absolute atomic E-state index is 0.0193. The number of carboxylic acid groups (broad SMARTS) is 1. The maximum absolute atomic E-state index is 12.6. The van der Waals surface area contributed by atoms with Crippen LogP contribution in [0.25, 0.3) is 0 Å². The van der Waals surface area contributed by atoms with Gasteiger partial charge in [-0.2, -0.15) is 13.2 Å². The van der Waals surface area contributed by atoms with Crippen molar-refractivity contribution < 1.29 is 32.7 Å². The first kappa shape index (κ1) is 21.1. The molecule has 0 aromatic carbocycles. The fraction of sp³-hybridized carbons (Fsp3) is 0.579. The SMILES string of the molecule is O=C(C1CCC1)N1C[C@@H]2CN(Cc3ccncc3)C(=O)[C@@H]2C1.O=C(O)C(F)(F)F. The van der Waals surface area contributed by atoms with Gasteiger partial charge in [-0.3, -0.25) is 14.6 Å². The number of pyridine rings is 1. The highest BCUT2D eigenvalue weighted by Crippen LogP contribution is 2.36. The molecule has 2 amide bonds. The Morgan fingerprint density at radius 3 is 2.24 bits per heavy atom. The lowest BCUT2D eigenvalue weighted by atomic mass is 9.84. The van der Waals surface area contributed by atoms with Crippen molar-refractivity contribution in [1.82, 2.24) is 14.8 Å². The fourth-order valence-corrected chi connectivity index (χ4v) is 3.89. The molecule has 0 unspecified atom stereocenters. The Morgan fingerprint density at radius 1 is 1.14 bits per heavy atom. The van der Waals surface area contributed by atoms with Gasteiger partial charge >= 0.3 is 12.1 Å². The maximum atomic E-state index is 12.6. The second kappa shape index (κ2) is 8.38. The number of aliphatic carboxylic acids is 1. The van der Waals surface area contributed by atoms with E-state index in [4.69, 9.17) is 9.90 Å². The molecule has 2 saturated heterocycles. The van der Waals surface area contributed by atoms with Crippen molar-refractivity contribution in [2.45, 2.75) is 32.0 Å². The molecule has 3 fully saturated rings. The van der Waals surface area contributed by atoms with Crippen LogP contribution in [-0.2, 0) is 20.9 Å². The molecule has 2 atom stereocenters. The van der Waals surface area contributed by atoms with E-state index in [0.29, 0.717) is 19.0 Å². The maximum Gasteiger partial charge on any atom is 0.490 e. The number of amides is 2. The van der Waals surface area contributed by atoms with Gasteiger partial charge in [-0.05, 0) is 30.5 Å². The van der Waals surface area contributed by atoms with E-state index in [1.54, 1.807) is 12.4 Å². The molecular formula is C19H22F3N3O4. The predicted octanol–water partition coefficient (Wildman–Crippen LogP) is 1.93. The van der Waals surface area contributed by atoms with Crippen LogP contribution in [0, 0.1) is 17.8 Å². The van der Waals surface area contributed by atoms with Crippen molar-refractivity contribution in [2.24, 2.45) is 17.8 Å². The van der Waals surface area contributed by atoms with E-state index in [2.05, 4.69) is 4.98 Å². The first-order valence-corrected chi connectivity index (χ1v) is 9.43. The van der Waals surface area contributed by atoms with Crippen molar-refractivity contribution in [3.05, 3.63) is 30.1 Å². The molecule has 0 radical (unpaired) electrons. The molecule has 1 aromatic heterocycles. The number of hydrogen-bond acceptors (Lipinski definition) is 4. The molecule has 1 aliphatic carbocycles. The van der Waals surface area contributed by atoms with E-state index in [0.717, 1.165) is 31.5 Å². The van der Waals surface area contributed by atoms with Crippen LogP contribution in [-0.4, -0.2) is 63.5 Å². The molecule has 1 saturated carbocycles. The summed E-state index contributed by atoms with van der Waals surface area (Å²) < 4.78 is 31.7. The van der Waals surface area contributed by atoms with Crippen LogP contribution in [0.4, 0.5) is 13.2 Å². The van der Waals surface area contributed by atoms with Crippen LogP contribution in [0.2, 0.25) is 0 Å². The highest BCUT2D eigenvalue weighted by Gasteiger charge is 2.48. The molecule has 29 heavy (non-hydrogen) atoms. The summed E-state index contributed by atoms with van der Waals surface area (Å²) >= 11 is 0. The molecule has 7 nitrogen and oxygen atoms in total. The Morgan fingerprint density at radius 2 is 1.76 bits per heavy atom. The Balaban J connectivity index is 0.000000298. The topological polar surface area (TPSA) is 90.8 Å². The van der Waals surface area contributed by atoms with Gasteiger partial charge < -0.3 is 14.9 Å². The minimum Gasteiger partial charge on any atom is -0.475 e. The number of fused-ring (bicyclic) bond motifs is 1. The number of carbonyl (C=O) groups is 3. The van der Waals surface area contributed by atoms with Gasteiger partial charge in [0.05, 0.1) is 5.92 Å². The standard InChI is InChI=1S/C17H21N3O2.C2HF3O2/c21-16(13-2-1-3-13)20-10-14-9-19(17(22)15(14)11-20)8-12-4-6-18-7-5-12;3-2(4,5)1(6)7/h4-7,13-15H,1-3,8-11H2;(H,6,7)/t14-,15+;/m0./s1. The van der Waals surface area contributed by atoms with Crippen LogP contribution in [0.1, 0.15) is 24.8 Å². The number of hydrogen-bond donors (Lipinski definition) is 1. The van der Waals surface area contributed by atoms with Crippen molar-refractivity contribution in [1.29, 1.82) is 0 Å². The van der Waals surface area contributed by atoms with Gasteiger partial charge in [-0.25, -0.2) is 4.79 Å². The molecular weight excluding hydrogens is 391 g/mol. The third-order valence-corrected chi connectivity index (χ3v) is 5.66. The second-order valence-electron chi connectivity index (χ2n) is 7.61. The first-order chi connectivity index (χ1) is 13.7. The number of alkyl halides is 3. The third-order valence-electron chi connectivity index (χ3n) is 5.66. The first-order valence-electron chi connectivity index (χ1n) is 9.43. The molecule has 158 valence electrons. The summed E-state index contributed by atoms with van der Waals surface area (Å²) in [5.41, 5.74) is 1.12. The summed E-state index contributed by atoms with van der Waals surface area (Å²) in [6, 6.07) is 3.90. The normalized spacial score (nSPS) is 23.9. The number of nitrogens with zero attached hydrogens (tertiary/aromatic N) is 3. The number of likely N-dealkylation sites (tertiary alicyclic amines) is 2. The van der Waals surface area contributed by atoms with Crippen LogP contribution in [0.3, 0.4) is 0 Å². The zero-order valence-corrected chi connectivity index (χ0v) is 15.6. The Bertz CT molecular complexity index is 768. The molecule has 0 bridgehead atoms. The number of carbonyl (C=O) groups excluding carboxylic acids is 2. The number of aromatic nitrogens is 1.